The van der Waals surface area contributed by atoms with Gasteiger partial charge in [-0.05, 0) is 79.8 Å². The maximum Gasteiger partial charge on any atom is 0.335 e. The van der Waals surface area contributed by atoms with Gasteiger partial charge in [0.25, 0.3) is 11.8 Å². The number of hydrogen-bond acceptors (Lipinski definition) is 5. The molecule has 0 spiro atoms. The van der Waals surface area contributed by atoms with E-state index in [9.17, 15) is 19.5 Å². The van der Waals surface area contributed by atoms with Gasteiger partial charge in [0, 0.05) is 16.3 Å². The number of carbonyl (C=O) groups excluding carboxylic acids is 2. The molecule has 1 fully saturated rings. The molecule has 37 heavy (non-hydrogen) atoms. The molecule has 0 bridgehead atoms. The zero-order valence-electron chi connectivity index (χ0n) is 19.3. The maximum absolute atomic E-state index is 13.1. The number of halogens is 1. The summed E-state index contributed by atoms with van der Waals surface area (Å²) < 4.78 is 0. The second-order valence-electron chi connectivity index (χ2n) is 8.77. The molecule has 0 radical (unpaired) electrons. The van der Waals surface area contributed by atoms with Crippen LogP contribution in [0.2, 0.25) is 5.02 Å². The van der Waals surface area contributed by atoms with Crippen molar-refractivity contribution in [3.63, 3.8) is 0 Å². The van der Waals surface area contributed by atoms with Crippen LogP contribution in [0.1, 0.15) is 52.8 Å². The molecule has 2 aromatic carbocycles. The van der Waals surface area contributed by atoms with E-state index < -0.39 is 5.97 Å². The lowest BCUT2D eigenvalue weighted by Gasteiger charge is -2.12. The van der Waals surface area contributed by atoms with Crippen molar-refractivity contribution in [2.24, 2.45) is 11.0 Å². The minimum atomic E-state index is -1.07. The summed E-state index contributed by atoms with van der Waals surface area (Å²) in [5.74, 6) is -1.00. The van der Waals surface area contributed by atoms with Crippen molar-refractivity contribution < 1.29 is 19.5 Å². The second kappa shape index (κ2) is 10.7. The molecule has 2 heterocycles. The van der Waals surface area contributed by atoms with Crippen molar-refractivity contribution in [1.29, 1.82) is 0 Å². The van der Waals surface area contributed by atoms with E-state index in [1.165, 1.54) is 28.5 Å². The molecular weight excluding hydrogens is 510 g/mol. The van der Waals surface area contributed by atoms with Gasteiger partial charge in [0.05, 0.1) is 33.1 Å². The van der Waals surface area contributed by atoms with Crippen LogP contribution in [0.3, 0.4) is 0 Å². The number of aromatic carboxylic acids is 1. The molecular formula is C28H26ClN3O4S. The third-order valence-electron chi connectivity index (χ3n) is 6.06. The predicted molar refractivity (Wildman–Crippen MR) is 149 cm³/mol. The topological polar surface area (TPSA) is 99.1 Å². The molecule has 0 atom stereocenters. The van der Waals surface area contributed by atoms with Crippen LogP contribution in [0.4, 0.5) is 5.69 Å². The van der Waals surface area contributed by atoms with Gasteiger partial charge in [0.1, 0.15) is 0 Å². The van der Waals surface area contributed by atoms with Gasteiger partial charge in [-0.15, -0.1) is 11.3 Å². The molecule has 1 aliphatic carbocycles. The Morgan fingerprint density at radius 1 is 1.19 bits per heavy atom. The highest BCUT2D eigenvalue weighted by atomic mass is 35.5. The fourth-order valence-electron chi connectivity index (χ4n) is 3.86. The number of hydrazone groups is 1. The van der Waals surface area contributed by atoms with Crippen molar-refractivity contribution in [3.05, 3.63) is 81.2 Å². The number of hydrogen-bond donors (Lipinski definition) is 2. The normalized spacial score (nSPS) is 15.9. The molecule has 7 nitrogen and oxygen atoms in total. The minimum absolute atomic E-state index is 0. The molecule has 2 aliphatic rings. The van der Waals surface area contributed by atoms with Crippen molar-refractivity contribution in [2.45, 2.75) is 27.2 Å². The number of thiophene rings is 1. The zero-order chi connectivity index (χ0) is 25.4. The van der Waals surface area contributed by atoms with Crippen LogP contribution in [0.15, 0.2) is 65.3 Å². The summed E-state index contributed by atoms with van der Waals surface area (Å²) in [6, 6.07) is 15.3. The first-order valence-electron chi connectivity index (χ1n) is 11.4. The highest BCUT2D eigenvalue weighted by Crippen LogP contribution is 2.34. The average Bonchev–Trinajstić information content (AvgIpc) is 3.52. The monoisotopic (exact) mass is 535 g/mol. The SMILES string of the molecule is C.CC1=NN(c2cccc(C(=O)O)c2)C(=O)/C1=C\c1ccc(-c2ccc(Cl)c(C(=O)NCC3CC3)c2)s1. The fraction of sp³-hybridized carbons (Fsp3) is 0.214. The first-order valence-corrected chi connectivity index (χ1v) is 12.6. The van der Waals surface area contributed by atoms with E-state index in [2.05, 4.69) is 10.4 Å². The summed E-state index contributed by atoms with van der Waals surface area (Å²) in [6.07, 6.45) is 4.08. The molecule has 2 N–H and O–H groups in total. The molecule has 2 amide bonds. The molecule has 1 saturated carbocycles. The summed E-state index contributed by atoms with van der Waals surface area (Å²) in [7, 11) is 0. The van der Waals surface area contributed by atoms with Crippen LogP contribution in [-0.2, 0) is 4.79 Å². The van der Waals surface area contributed by atoms with Gasteiger partial charge in [-0.1, -0.05) is 31.2 Å². The number of nitrogens with one attached hydrogen (secondary N) is 1. The van der Waals surface area contributed by atoms with Crippen LogP contribution in [0.25, 0.3) is 16.5 Å². The Morgan fingerprint density at radius 3 is 2.70 bits per heavy atom. The Balaban J connectivity index is 0.00000320. The van der Waals surface area contributed by atoms with Gasteiger partial charge in [-0.25, -0.2) is 4.79 Å². The second-order valence-corrected chi connectivity index (χ2v) is 10.3. The van der Waals surface area contributed by atoms with Gasteiger partial charge < -0.3 is 10.4 Å². The molecule has 190 valence electrons. The Labute approximate surface area is 224 Å². The van der Waals surface area contributed by atoms with Crippen LogP contribution >= 0.6 is 22.9 Å². The summed E-state index contributed by atoms with van der Waals surface area (Å²) in [6.45, 7) is 2.41. The third kappa shape index (κ3) is 5.65. The lowest BCUT2D eigenvalue weighted by molar-refractivity contribution is -0.114. The average molecular weight is 536 g/mol. The highest BCUT2D eigenvalue weighted by molar-refractivity contribution is 7.16. The first kappa shape index (κ1) is 26.3. The van der Waals surface area contributed by atoms with Gasteiger partial charge in [-0.3, -0.25) is 9.59 Å². The van der Waals surface area contributed by atoms with Crippen LogP contribution in [0.5, 0.6) is 0 Å². The predicted octanol–water partition coefficient (Wildman–Crippen LogP) is 6.35. The minimum Gasteiger partial charge on any atom is -0.478 e. The lowest BCUT2D eigenvalue weighted by atomic mass is 10.1. The Bertz CT molecular complexity index is 1460. The molecule has 0 unspecified atom stereocenters. The van der Waals surface area contributed by atoms with E-state index in [1.807, 2.05) is 18.2 Å². The number of carbonyl (C=O) groups is 3. The summed E-state index contributed by atoms with van der Waals surface area (Å²) in [5, 5.41) is 18.2. The van der Waals surface area contributed by atoms with Gasteiger partial charge >= 0.3 is 5.97 Å². The highest BCUT2D eigenvalue weighted by Gasteiger charge is 2.29. The number of carboxylic acids is 1. The first-order chi connectivity index (χ1) is 17.3. The maximum atomic E-state index is 13.1. The smallest absolute Gasteiger partial charge is 0.335 e. The van der Waals surface area contributed by atoms with E-state index in [0.717, 1.165) is 28.2 Å². The number of rotatable bonds is 7. The third-order valence-corrected chi connectivity index (χ3v) is 7.47. The Morgan fingerprint density at radius 2 is 1.97 bits per heavy atom. The van der Waals surface area contributed by atoms with Gasteiger partial charge in [0.15, 0.2) is 0 Å². The number of benzene rings is 2. The fourth-order valence-corrected chi connectivity index (χ4v) is 5.02. The Hall–Kier alpha value is -3.75. The van der Waals surface area contributed by atoms with Gasteiger partial charge in [-0.2, -0.15) is 10.1 Å². The molecule has 0 saturated heterocycles. The van der Waals surface area contributed by atoms with E-state index in [0.29, 0.717) is 40.0 Å². The summed E-state index contributed by atoms with van der Waals surface area (Å²) in [4.78, 5) is 38.8. The van der Waals surface area contributed by atoms with Crippen molar-refractivity contribution in [3.8, 4) is 10.4 Å². The van der Waals surface area contributed by atoms with Gasteiger partial charge in [0.2, 0.25) is 0 Å². The number of anilines is 1. The Kier molecular flexibility index (Phi) is 7.61. The summed E-state index contributed by atoms with van der Waals surface area (Å²) >= 11 is 7.78. The van der Waals surface area contributed by atoms with E-state index >= 15 is 0 Å². The lowest BCUT2D eigenvalue weighted by Crippen LogP contribution is -2.25. The van der Waals surface area contributed by atoms with Crippen molar-refractivity contribution in [1.82, 2.24) is 5.32 Å². The van der Waals surface area contributed by atoms with Crippen molar-refractivity contribution >= 4 is 58.2 Å². The molecule has 1 aromatic heterocycles. The largest absolute Gasteiger partial charge is 0.478 e. The van der Waals surface area contributed by atoms with Crippen LogP contribution in [-0.4, -0.2) is 35.1 Å². The van der Waals surface area contributed by atoms with E-state index in [4.69, 9.17) is 11.6 Å². The number of amides is 2. The molecule has 1 aliphatic heterocycles. The molecule has 9 heteroatoms. The number of nitrogens with zero attached hydrogens (tertiary/aromatic N) is 2. The quantitative estimate of drug-likeness (QED) is 0.344. The van der Waals surface area contributed by atoms with Crippen molar-refractivity contribution in [2.75, 3.05) is 11.6 Å². The van der Waals surface area contributed by atoms with E-state index in [1.54, 1.807) is 37.3 Å². The molecule has 3 aromatic rings. The standard InChI is InChI=1S/C27H22ClN3O4S.CH4/c1-15-21(26(33)31(30-15)19-4-2-3-18(11-19)27(34)35)13-20-8-10-24(36-20)17-7-9-23(28)22(12-17)25(32)29-14-16-5-6-16;/h2-4,7-13,16H,5-6,14H2,1H3,(H,29,32)(H,34,35);1H4/b21-13-;. The van der Waals surface area contributed by atoms with Crippen LogP contribution in [0, 0.1) is 5.92 Å². The van der Waals surface area contributed by atoms with Crippen LogP contribution < -0.4 is 10.3 Å². The summed E-state index contributed by atoms with van der Waals surface area (Å²) in [5.41, 5.74) is 2.74. The molecule has 5 rings (SSSR count). The van der Waals surface area contributed by atoms with E-state index in [-0.39, 0.29) is 24.8 Å². The number of carboxylic acid groups (broad SMARTS) is 1. The zero-order valence-corrected chi connectivity index (χ0v) is 20.9.